The van der Waals surface area contributed by atoms with E-state index >= 15 is 0 Å². The van der Waals surface area contributed by atoms with Crippen molar-refractivity contribution < 1.29 is 0 Å². The molecule has 3 fully saturated rings. The smallest absolute Gasteiger partial charge is 0.0224 e. The largest absolute Gasteiger partial charge is 0.306 e. The highest BCUT2D eigenvalue weighted by Crippen LogP contribution is 2.24. The van der Waals surface area contributed by atoms with Crippen molar-refractivity contribution in [1.29, 1.82) is 0 Å². The highest BCUT2D eigenvalue weighted by atomic mass is 15.3. The number of hydrogen-bond donors (Lipinski definition) is 0. The van der Waals surface area contributed by atoms with Crippen molar-refractivity contribution in [2.24, 2.45) is 5.92 Å². The van der Waals surface area contributed by atoms with E-state index in [0.717, 1.165) is 12.0 Å². The van der Waals surface area contributed by atoms with Crippen LogP contribution in [-0.4, -0.2) is 73.6 Å². The van der Waals surface area contributed by atoms with Crippen molar-refractivity contribution in [2.75, 3.05) is 52.9 Å². The zero-order valence-electron chi connectivity index (χ0n) is 11.3. The number of rotatable bonds is 2. The van der Waals surface area contributed by atoms with Gasteiger partial charge in [-0.1, -0.05) is 0 Å². The first-order chi connectivity index (χ1) is 8.31. The molecule has 3 saturated heterocycles. The average Bonchev–Trinajstić information content (AvgIpc) is 2.79. The van der Waals surface area contributed by atoms with E-state index in [1.165, 1.54) is 71.5 Å². The van der Waals surface area contributed by atoms with Crippen LogP contribution in [0.1, 0.15) is 25.7 Å². The molecular formula is C14H27N3. The first-order valence-corrected chi connectivity index (χ1v) is 7.46. The van der Waals surface area contributed by atoms with E-state index in [1.807, 2.05) is 0 Å². The number of hydrogen-bond acceptors (Lipinski definition) is 3. The molecule has 0 aliphatic carbocycles. The van der Waals surface area contributed by atoms with Crippen molar-refractivity contribution in [3.05, 3.63) is 0 Å². The van der Waals surface area contributed by atoms with Crippen molar-refractivity contribution in [2.45, 2.75) is 31.7 Å². The lowest BCUT2D eigenvalue weighted by Gasteiger charge is -2.40. The summed E-state index contributed by atoms with van der Waals surface area (Å²) in [6.07, 6.45) is 5.72. The maximum absolute atomic E-state index is 2.75. The minimum absolute atomic E-state index is 0.898. The van der Waals surface area contributed by atoms with E-state index in [-0.39, 0.29) is 0 Å². The predicted octanol–water partition coefficient (Wildman–Crippen LogP) is 1.11. The average molecular weight is 237 g/mol. The maximum Gasteiger partial charge on any atom is 0.0224 e. The third kappa shape index (κ3) is 2.83. The summed E-state index contributed by atoms with van der Waals surface area (Å²) in [7, 11) is 2.26. The molecule has 1 unspecified atom stereocenters. The van der Waals surface area contributed by atoms with E-state index in [2.05, 4.69) is 21.7 Å². The van der Waals surface area contributed by atoms with E-state index in [1.54, 1.807) is 0 Å². The second-order valence-corrected chi connectivity index (χ2v) is 6.34. The lowest BCUT2D eigenvalue weighted by atomic mass is 9.96. The molecule has 3 heteroatoms. The molecular weight excluding hydrogens is 210 g/mol. The quantitative estimate of drug-likeness (QED) is 0.712. The number of fused-ring (bicyclic) bond motifs is 1. The Morgan fingerprint density at radius 3 is 2.59 bits per heavy atom. The van der Waals surface area contributed by atoms with Gasteiger partial charge >= 0.3 is 0 Å². The van der Waals surface area contributed by atoms with Crippen LogP contribution in [-0.2, 0) is 0 Å². The van der Waals surface area contributed by atoms with Crippen LogP contribution < -0.4 is 0 Å². The summed E-state index contributed by atoms with van der Waals surface area (Å²) < 4.78 is 0. The van der Waals surface area contributed by atoms with Gasteiger partial charge in [0.15, 0.2) is 0 Å². The molecule has 0 amide bonds. The minimum atomic E-state index is 0.898. The first kappa shape index (κ1) is 11.9. The summed E-state index contributed by atoms with van der Waals surface area (Å²) >= 11 is 0. The predicted molar refractivity (Wildman–Crippen MR) is 71.3 cm³/mol. The summed E-state index contributed by atoms with van der Waals surface area (Å²) in [5, 5.41) is 0. The molecule has 0 aromatic heterocycles. The summed E-state index contributed by atoms with van der Waals surface area (Å²) in [5.41, 5.74) is 0. The second-order valence-electron chi connectivity index (χ2n) is 6.34. The molecule has 3 rings (SSSR count). The van der Waals surface area contributed by atoms with Gasteiger partial charge in [-0.15, -0.1) is 0 Å². The molecule has 0 bridgehead atoms. The Morgan fingerprint density at radius 1 is 0.941 bits per heavy atom. The van der Waals surface area contributed by atoms with Gasteiger partial charge in [-0.05, 0) is 58.3 Å². The number of piperidine rings is 1. The zero-order valence-corrected chi connectivity index (χ0v) is 11.3. The standard InChI is InChI=1S/C14H27N3/c1-15-7-4-13(5-8-15)11-16-9-10-17-6-2-3-14(17)12-16/h13-14H,2-12H2,1H3. The molecule has 0 N–H and O–H groups in total. The normalized spacial score (nSPS) is 34.1. The van der Waals surface area contributed by atoms with Crippen molar-refractivity contribution >= 4 is 0 Å². The topological polar surface area (TPSA) is 9.72 Å². The lowest BCUT2D eigenvalue weighted by molar-refractivity contribution is 0.0789. The van der Waals surface area contributed by atoms with Crippen molar-refractivity contribution in [1.82, 2.24) is 14.7 Å². The van der Waals surface area contributed by atoms with Gasteiger partial charge in [0.1, 0.15) is 0 Å². The molecule has 0 saturated carbocycles. The van der Waals surface area contributed by atoms with Crippen molar-refractivity contribution in [3.63, 3.8) is 0 Å². The van der Waals surface area contributed by atoms with Crippen molar-refractivity contribution in [3.8, 4) is 0 Å². The van der Waals surface area contributed by atoms with Gasteiger partial charge in [-0.25, -0.2) is 0 Å². The number of nitrogens with zero attached hydrogens (tertiary/aromatic N) is 3. The third-order valence-corrected chi connectivity index (χ3v) is 5.03. The van der Waals surface area contributed by atoms with E-state index in [9.17, 15) is 0 Å². The minimum Gasteiger partial charge on any atom is -0.306 e. The van der Waals surface area contributed by atoms with E-state index in [4.69, 9.17) is 0 Å². The molecule has 98 valence electrons. The Hall–Kier alpha value is -0.120. The van der Waals surface area contributed by atoms with Crippen LogP contribution in [0.5, 0.6) is 0 Å². The van der Waals surface area contributed by atoms with Crippen LogP contribution in [0.2, 0.25) is 0 Å². The SMILES string of the molecule is CN1CCC(CN2CCN3CCCC3C2)CC1. The lowest BCUT2D eigenvalue weighted by Crippen LogP contribution is -2.51. The zero-order chi connectivity index (χ0) is 11.7. The van der Waals surface area contributed by atoms with Gasteiger partial charge in [-0.2, -0.15) is 0 Å². The highest BCUT2D eigenvalue weighted by Gasteiger charge is 2.31. The molecule has 0 spiro atoms. The first-order valence-electron chi connectivity index (χ1n) is 7.46. The van der Waals surface area contributed by atoms with Gasteiger partial charge in [-0.3, -0.25) is 4.90 Å². The monoisotopic (exact) mass is 237 g/mol. The van der Waals surface area contributed by atoms with Gasteiger partial charge in [0, 0.05) is 32.2 Å². The van der Waals surface area contributed by atoms with Crippen LogP contribution >= 0.6 is 0 Å². The highest BCUT2D eigenvalue weighted by molar-refractivity contribution is 4.87. The number of piperazine rings is 1. The molecule has 1 atom stereocenters. The molecule has 3 aliphatic rings. The van der Waals surface area contributed by atoms with E-state index < -0.39 is 0 Å². The van der Waals surface area contributed by atoms with Crippen LogP contribution in [0.3, 0.4) is 0 Å². The fraction of sp³-hybridized carbons (Fsp3) is 1.00. The second kappa shape index (κ2) is 5.25. The molecule has 17 heavy (non-hydrogen) atoms. The van der Waals surface area contributed by atoms with Crippen LogP contribution in [0.4, 0.5) is 0 Å². The fourth-order valence-electron chi connectivity index (χ4n) is 3.83. The summed E-state index contributed by atoms with van der Waals surface area (Å²) in [4.78, 5) is 7.94. The van der Waals surface area contributed by atoms with Crippen LogP contribution in [0.15, 0.2) is 0 Å². The number of likely N-dealkylation sites (tertiary alicyclic amines) is 1. The Morgan fingerprint density at radius 2 is 1.76 bits per heavy atom. The third-order valence-electron chi connectivity index (χ3n) is 5.03. The Balaban J connectivity index is 1.46. The van der Waals surface area contributed by atoms with Crippen LogP contribution in [0.25, 0.3) is 0 Å². The van der Waals surface area contributed by atoms with Gasteiger partial charge in [0.25, 0.3) is 0 Å². The summed E-state index contributed by atoms with van der Waals surface area (Å²) in [5.74, 6) is 0.971. The molecule has 3 aliphatic heterocycles. The molecule has 0 aromatic carbocycles. The molecule has 3 nitrogen and oxygen atoms in total. The Kier molecular flexibility index (Phi) is 3.69. The van der Waals surface area contributed by atoms with Crippen LogP contribution in [0, 0.1) is 5.92 Å². The summed E-state index contributed by atoms with van der Waals surface area (Å²) in [6, 6.07) is 0.898. The van der Waals surface area contributed by atoms with Gasteiger partial charge < -0.3 is 9.80 Å². The Bertz CT molecular complexity index is 248. The molecule has 0 radical (unpaired) electrons. The van der Waals surface area contributed by atoms with E-state index in [0.29, 0.717) is 0 Å². The Labute approximate surface area is 106 Å². The molecule has 0 aromatic rings. The van der Waals surface area contributed by atoms with Gasteiger partial charge in [0.2, 0.25) is 0 Å². The fourth-order valence-corrected chi connectivity index (χ4v) is 3.83. The summed E-state index contributed by atoms with van der Waals surface area (Å²) in [6.45, 7) is 9.37. The molecule has 3 heterocycles. The maximum atomic E-state index is 2.75. The van der Waals surface area contributed by atoms with Gasteiger partial charge in [0.05, 0.1) is 0 Å².